The van der Waals surface area contributed by atoms with Crippen LogP contribution < -0.4 is 0 Å². The van der Waals surface area contributed by atoms with Gasteiger partial charge in [-0.2, -0.15) is 0 Å². The molecule has 0 unspecified atom stereocenters. The van der Waals surface area contributed by atoms with Crippen molar-refractivity contribution in [3.63, 3.8) is 0 Å². The minimum Gasteiger partial charge on any atom is -0.466 e. The van der Waals surface area contributed by atoms with Crippen LogP contribution in [0.4, 0.5) is 0 Å². The summed E-state index contributed by atoms with van der Waals surface area (Å²) < 4.78 is 4.40. The fourth-order valence-electron chi connectivity index (χ4n) is 7.43. The number of ether oxygens (including phenoxy) is 1. The quantitative estimate of drug-likeness (QED) is 0.589. The van der Waals surface area contributed by atoms with Gasteiger partial charge in [0, 0.05) is 19.3 Å². The second-order valence-electron chi connectivity index (χ2n) is 10.2. The molecule has 4 heteroatoms. The van der Waals surface area contributed by atoms with Gasteiger partial charge in [-0.05, 0) is 93.5 Å². The maximum atomic E-state index is 12.1. The number of ketones is 2. The molecular weight excluding hydrogens is 364 g/mol. The molecule has 0 saturated heterocycles. The van der Waals surface area contributed by atoms with Crippen LogP contribution in [0.5, 0.6) is 0 Å². The van der Waals surface area contributed by atoms with E-state index in [4.69, 9.17) is 0 Å². The Balaban J connectivity index is 0.000000353. The third-order valence-corrected chi connectivity index (χ3v) is 8.80. The van der Waals surface area contributed by atoms with Crippen molar-refractivity contribution in [2.45, 2.75) is 86.0 Å². The molecule has 0 heterocycles. The predicted octanol–water partition coefficient (Wildman–Crippen LogP) is 5.29. The van der Waals surface area contributed by atoms with Crippen LogP contribution >= 0.6 is 0 Å². The van der Waals surface area contributed by atoms with E-state index in [9.17, 15) is 14.4 Å². The first-order valence-corrected chi connectivity index (χ1v) is 11.5. The summed E-state index contributed by atoms with van der Waals surface area (Å²) in [5.41, 5.74) is 1.95. The van der Waals surface area contributed by atoms with Gasteiger partial charge in [0.25, 0.3) is 0 Å². The van der Waals surface area contributed by atoms with E-state index in [1.165, 1.54) is 38.2 Å². The van der Waals surface area contributed by atoms with Gasteiger partial charge in [0.1, 0.15) is 5.78 Å². The van der Waals surface area contributed by atoms with Crippen LogP contribution in [0.15, 0.2) is 11.6 Å². The van der Waals surface area contributed by atoms with E-state index in [0.717, 1.165) is 43.4 Å². The summed E-state index contributed by atoms with van der Waals surface area (Å²) in [5, 5.41) is 0. The highest BCUT2D eigenvalue weighted by molar-refractivity contribution is 5.91. The second-order valence-corrected chi connectivity index (χ2v) is 10.2. The van der Waals surface area contributed by atoms with E-state index < -0.39 is 0 Å². The summed E-state index contributed by atoms with van der Waals surface area (Å²) in [5.74, 6) is 3.08. The Hall–Kier alpha value is -1.45. The Morgan fingerprint density at radius 1 is 1.03 bits per heavy atom. The maximum absolute atomic E-state index is 12.1. The van der Waals surface area contributed by atoms with Gasteiger partial charge in [-0.15, -0.1) is 0 Å². The number of fused-ring (bicyclic) bond motifs is 5. The van der Waals surface area contributed by atoms with E-state index in [1.807, 2.05) is 6.08 Å². The molecule has 29 heavy (non-hydrogen) atoms. The molecule has 0 N–H and O–H groups in total. The van der Waals surface area contributed by atoms with Crippen LogP contribution in [0.3, 0.4) is 0 Å². The monoisotopic (exact) mass is 402 g/mol. The SMILES string of the molecule is CC(=O)[C@H]1CC[C@H]2[C@@H]3CCC4=CC(=O)CC[C@]4(C)[C@H]3CC[C@]12C.CCOC(C)=O. The molecule has 0 radical (unpaired) electrons. The zero-order chi connectivity index (χ0) is 21.4. The topological polar surface area (TPSA) is 60.4 Å². The summed E-state index contributed by atoms with van der Waals surface area (Å²) in [4.78, 5) is 33.8. The van der Waals surface area contributed by atoms with Gasteiger partial charge in [0.15, 0.2) is 5.78 Å². The zero-order valence-electron chi connectivity index (χ0n) is 18.9. The molecule has 0 aromatic heterocycles. The number of hydrogen-bond acceptors (Lipinski definition) is 4. The lowest BCUT2D eigenvalue weighted by Gasteiger charge is -2.58. The fourth-order valence-corrected chi connectivity index (χ4v) is 7.43. The molecule has 0 bridgehead atoms. The Kier molecular flexibility index (Phi) is 6.41. The molecule has 6 atom stereocenters. The molecule has 3 saturated carbocycles. The normalized spacial score (nSPS) is 40.4. The van der Waals surface area contributed by atoms with Crippen molar-refractivity contribution in [3.05, 3.63) is 11.6 Å². The van der Waals surface area contributed by atoms with E-state index in [0.29, 0.717) is 24.1 Å². The van der Waals surface area contributed by atoms with Crippen LogP contribution in [-0.4, -0.2) is 24.1 Å². The summed E-state index contributed by atoms with van der Waals surface area (Å²) in [7, 11) is 0. The number of rotatable bonds is 2. The van der Waals surface area contributed by atoms with Gasteiger partial charge in [-0.25, -0.2) is 0 Å². The average Bonchev–Trinajstić information content (AvgIpc) is 3.00. The van der Waals surface area contributed by atoms with Crippen molar-refractivity contribution in [2.75, 3.05) is 6.61 Å². The number of carbonyl (C=O) groups excluding carboxylic acids is 3. The van der Waals surface area contributed by atoms with Crippen LogP contribution in [0.2, 0.25) is 0 Å². The van der Waals surface area contributed by atoms with Crippen molar-refractivity contribution in [3.8, 4) is 0 Å². The predicted molar refractivity (Wildman–Crippen MR) is 113 cm³/mol. The molecular formula is C25H38O4. The van der Waals surface area contributed by atoms with Gasteiger partial charge in [0.05, 0.1) is 6.61 Å². The van der Waals surface area contributed by atoms with Gasteiger partial charge in [0.2, 0.25) is 0 Å². The Morgan fingerprint density at radius 2 is 1.76 bits per heavy atom. The molecule has 0 amide bonds. The Morgan fingerprint density at radius 3 is 2.34 bits per heavy atom. The number of hydrogen-bond donors (Lipinski definition) is 0. The van der Waals surface area contributed by atoms with E-state index in [1.54, 1.807) is 13.8 Å². The molecule has 4 aliphatic carbocycles. The largest absolute Gasteiger partial charge is 0.466 e. The minimum atomic E-state index is -0.211. The lowest BCUT2D eigenvalue weighted by molar-refractivity contribution is -0.140. The first kappa shape index (κ1) is 22.2. The zero-order valence-corrected chi connectivity index (χ0v) is 18.9. The van der Waals surface area contributed by atoms with E-state index >= 15 is 0 Å². The molecule has 4 nitrogen and oxygen atoms in total. The number of Topliss-reactive ketones (excluding diaryl/α,β-unsaturated/α-hetero) is 1. The number of esters is 1. The molecule has 4 aliphatic rings. The van der Waals surface area contributed by atoms with Crippen molar-refractivity contribution < 1.29 is 19.1 Å². The van der Waals surface area contributed by atoms with Crippen LogP contribution in [0.25, 0.3) is 0 Å². The highest BCUT2D eigenvalue weighted by Crippen LogP contribution is 2.66. The van der Waals surface area contributed by atoms with Crippen LogP contribution in [0.1, 0.15) is 86.0 Å². The summed E-state index contributed by atoms with van der Waals surface area (Å²) >= 11 is 0. The van der Waals surface area contributed by atoms with Crippen molar-refractivity contribution in [1.29, 1.82) is 0 Å². The number of carbonyl (C=O) groups is 3. The molecule has 4 rings (SSSR count). The van der Waals surface area contributed by atoms with Crippen molar-refractivity contribution in [1.82, 2.24) is 0 Å². The summed E-state index contributed by atoms with van der Waals surface area (Å²) in [6.07, 6.45) is 10.9. The van der Waals surface area contributed by atoms with E-state index in [2.05, 4.69) is 18.6 Å². The third kappa shape index (κ3) is 3.96. The number of allylic oxidation sites excluding steroid dienone is 1. The van der Waals surface area contributed by atoms with Crippen molar-refractivity contribution >= 4 is 17.5 Å². The molecule has 0 spiro atoms. The first-order valence-electron chi connectivity index (χ1n) is 11.5. The minimum absolute atomic E-state index is 0.211. The highest BCUT2D eigenvalue weighted by Gasteiger charge is 2.59. The van der Waals surface area contributed by atoms with Gasteiger partial charge in [-0.1, -0.05) is 19.4 Å². The molecule has 0 aliphatic heterocycles. The van der Waals surface area contributed by atoms with Crippen LogP contribution in [-0.2, 0) is 19.1 Å². The summed E-state index contributed by atoms with van der Waals surface area (Å²) in [6.45, 7) is 10.3. The smallest absolute Gasteiger partial charge is 0.302 e. The van der Waals surface area contributed by atoms with Gasteiger partial charge >= 0.3 is 5.97 Å². The van der Waals surface area contributed by atoms with E-state index in [-0.39, 0.29) is 16.8 Å². The lowest BCUT2D eigenvalue weighted by atomic mass is 9.47. The summed E-state index contributed by atoms with van der Waals surface area (Å²) in [6, 6.07) is 0. The third-order valence-electron chi connectivity index (χ3n) is 8.80. The van der Waals surface area contributed by atoms with Crippen molar-refractivity contribution in [2.24, 2.45) is 34.5 Å². The molecule has 0 aromatic carbocycles. The Labute approximate surface area is 175 Å². The molecule has 0 aromatic rings. The van der Waals surface area contributed by atoms with Gasteiger partial charge < -0.3 is 4.74 Å². The van der Waals surface area contributed by atoms with Crippen LogP contribution in [0, 0.1) is 34.5 Å². The molecule has 3 fully saturated rings. The average molecular weight is 403 g/mol. The maximum Gasteiger partial charge on any atom is 0.302 e. The fraction of sp³-hybridized carbons (Fsp3) is 0.800. The van der Waals surface area contributed by atoms with Gasteiger partial charge in [-0.3, -0.25) is 14.4 Å². The molecule has 162 valence electrons. The lowest BCUT2D eigenvalue weighted by Crippen LogP contribution is -2.51. The first-order chi connectivity index (χ1) is 13.6. The second kappa shape index (κ2) is 8.35. The highest BCUT2D eigenvalue weighted by atomic mass is 16.5. The Bertz CT molecular complexity index is 708. The standard InChI is InChI=1S/C21H30O2.C4H8O2/c1-13(22)17-6-7-18-16-5-4-14-12-15(23)8-10-20(14,2)19(16)9-11-21(17,18)3;1-3-6-4(2)5/h12,16-19H,4-11H2,1-3H3;3H2,1-2H3/t16-,17+,18-,19-,20-,21+;/m0./s1.